The van der Waals surface area contributed by atoms with Crippen molar-refractivity contribution in [3.05, 3.63) is 117 Å². The lowest BCUT2D eigenvalue weighted by Crippen LogP contribution is -2.42. The van der Waals surface area contributed by atoms with Crippen LogP contribution < -0.4 is 19.3 Å². The van der Waals surface area contributed by atoms with E-state index in [1.807, 2.05) is 48.5 Å². The minimum Gasteiger partial charge on any atom is -0.496 e. The molecule has 0 radical (unpaired) electrons. The standard InChI is InChI=1S/C50H46N2O6/c1-23(2)27-13-11-14-28(24(3)4)45(27)51-47(53)33-19-17-31-42-38(58-10)22-36-40-34(48(54)52(50(36)56)46-29(25(5)6)15-12-16-30(46)26(7)8)20-18-32(44(40)42)41-37(57-9)21-35(49(51)55)39(33)43(31)41/h11-26H,1-10H3. The van der Waals surface area contributed by atoms with Crippen LogP contribution in [0.1, 0.15) is 143 Å². The number of fused-ring (bicyclic) bond motifs is 2. The lowest BCUT2D eigenvalue weighted by Gasteiger charge is -2.34. The molecule has 292 valence electrons. The minimum absolute atomic E-state index is 0.0553. The summed E-state index contributed by atoms with van der Waals surface area (Å²) >= 11 is 0. The number of amides is 4. The Labute approximate surface area is 337 Å². The smallest absolute Gasteiger partial charge is 0.266 e. The van der Waals surface area contributed by atoms with Gasteiger partial charge < -0.3 is 9.47 Å². The van der Waals surface area contributed by atoms with Gasteiger partial charge in [0.25, 0.3) is 23.6 Å². The van der Waals surface area contributed by atoms with E-state index in [2.05, 4.69) is 55.4 Å². The molecule has 0 unspecified atom stereocenters. The Morgan fingerprint density at radius 1 is 0.397 bits per heavy atom. The molecule has 58 heavy (non-hydrogen) atoms. The maximum absolute atomic E-state index is 15.0. The van der Waals surface area contributed by atoms with E-state index in [9.17, 15) is 19.2 Å². The van der Waals surface area contributed by atoms with Gasteiger partial charge in [-0.1, -0.05) is 104 Å². The summed E-state index contributed by atoms with van der Waals surface area (Å²) in [5.74, 6) is -0.518. The third kappa shape index (κ3) is 4.87. The second-order valence-electron chi connectivity index (χ2n) is 16.9. The number of hydrogen-bond acceptors (Lipinski definition) is 6. The van der Waals surface area contributed by atoms with E-state index in [1.165, 1.54) is 9.80 Å². The fourth-order valence-corrected chi connectivity index (χ4v) is 9.66. The first-order chi connectivity index (χ1) is 27.7. The van der Waals surface area contributed by atoms with E-state index < -0.39 is 23.6 Å². The molecule has 0 atom stereocenters. The molecular formula is C50H46N2O6. The molecule has 7 aromatic carbocycles. The molecule has 8 heteroatoms. The van der Waals surface area contributed by atoms with Gasteiger partial charge in [0, 0.05) is 43.4 Å². The normalized spacial score (nSPS) is 14.4. The van der Waals surface area contributed by atoms with E-state index in [0.29, 0.717) is 77.4 Å². The van der Waals surface area contributed by atoms with Crippen LogP contribution in [0.4, 0.5) is 11.4 Å². The summed E-state index contributed by atoms with van der Waals surface area (Å²) in [6, 6.07) is 22.8. The van der Waals surface area contributed by atoms with E-state index in [4.69, 9.17) is 9.47 Å². The topological polar surface area (TPSA) is 93.2 Å². The van der Waals surface area contributed by atoms with Crippen LogP contribution in [0.15, 0.2) is 72.8 Å². The number of hydrogen-bond donors (Lipinski definition) is 0. The van der Waals surface area contributed by atoms with Crippen LogP contribution >= 0.6 is 0 Å². The van der Waals surface area contributed by atoms with Gasteiger partial charge >= 0.3 is 0 Å². The van der Waals surface area contributed by atoms with Gasteiger partial charge in [-0.05, 0) is 81.0 Å². The number of anilines is 2. The molecule has 0 saturated heterocycles. The second-order valence-corrected chi connectivity index (χ2v) is 16.9. The number of ether oxygens (including phenoxy) is 2. The van der Waals surface area contributed by atoms with E-state index in [-0.39, 0.29) is 23.7 Å². The molecule has 0 bridgehead atoms. The van der Waals surface area contributed by atoms with E-state index in [1.54, 1.807) is 38.5 Å². The van der Waals surface area contributed by atoms with Crippen LogP contribution in [0, 0.1) is 0 Å². The van der Waals surface area contributed by atoms with Crippen molar-refractivity contribution < 1.29 is 28.7 Å². The summed E-state index contributed by atoms with van der Waals surface area (Å²) < 4.78 is 12.3. The van der Waals surface area contributed by atoms with Gasteiger partial charge in [-0.25, -0.2) is 9.80 Å². The largest absolute Gasteiger partial charge is 0.496 e. The summed E-state index contributed by atoms with van der Waals surface area (Å²) in [7, 11) is 3.14. The lowest BCUT2D eigenvalue weighted by atomic mass is 9.80. The molecule has 0 N–H and O–H groups in total. The molecular weight excluding hydrogens is 725 g/mol. The third-order valence-electron chi connectivity index (χ3n) is 12.3. The number of nitrogens with zero attached hydrogens (tertiary/aromatic N) is 2. The fourth-order valence-electron chi connectivity index (χ4n) is 9.66. The number of imide groups is 2. The summed E-state index contributed by atoms with van der Waals surface area (Å²) in [5, 5.41) is 5.26. The first-order valence-electron chi connectivity index (χ1n) is 20.1. The first kappa shape index (κ1) is 37.3. The van der Waals surface area contributed by atoms with Crippen molar-refractivity contribution in [1.82, 2.24) is 0 Å². The average Bonchev–Trinajstić information content (AvgIpc) is 3.20. The number of carbonyl (C=O) groups is 4. The molecule has 0 fully saturated rings. The third-order valence-corrected chi connectivity index (χ3v) is 12.3. The highest BCUT2D eigenvalue weighted by atomic mass is 16.5. The molecule has 9 rings (SSSR count). The van der Waals surface area contributed by atoms with Crippen molar-refractivity contribution in [3.63, 3.8) is 0 Å². The van der Waals surface area contributed by atoms with E-state index >= 15 is 0 Å². The quantitative estimate of drug-likeness (QED) is 0.0868. The Morgan fingerprint density at radius 2 is 0.707 bits per heavy atom. The number of para-hydroxylation sites is 2. The summed E-state index contributed by atoms with van der Waals surface area (Å²) in [6.45, 7) is 16.5. The van der Waals surface area contributed by atoms with Gasteiger partial charge in [0.05, 0.1) is 36.7 Å². The number of methoxy groups -OCH3 is 2. The summed E-state index contributed by atoms with van der Waals surface area (Å²) in [5.41, 5.74) is 6.47. The maximum Gasteiger partial charge on any atom is 0.266 e. The fraction of sp³-hybridized carbons (Fsp3) is 0.280. The molecule has 2 aliphatic rings. The Hall–Kier alpha value is -6.28. The van der Waals surface area contributed by atoms with Crippen molar-refractivity contribution >= 4 is 78.1 Å². The maximum atomic E-state index is 15.0. The van der Waals surface area contributed by atoms with Crippen LogP contribution in [0.25, 0.3) is 43.1 Å². The van der Waals surface area contributed by atoms with E-state index in [0.717, 1.165) is 33.0 Å². The van der Waals surface area contributed by atoms with Crippen LogP contribution in [0.2, 0.25) is 0 Å². The lowest BCUT2D eigenvalue weighted by molar-refractivity contribution is 0.0877. The minimum atomic E-state index is -0.420. The average molecular weight is 771 g/mol. The zero-order valence-corrected chi connectivity index (χ0v) is 34.6. The highest BCUT2D eigenvalue weighted by Crippen LogP contribution is 2.53. The molecule has 0 aliphatic carbocycles. The molecule has 4 amide bonds. The Kier molecular flexibility index (Phi) is 8.45. The Morgan fingerprint density at radius 3 is 1.00 bits per heavy atom. The first-order valence-corrected chi connectivity index (χ1v) is 20.1. The second kappa shape index (κ2) is 13.1. The SMILES string of the molecule is COc1cc2c3c(ccc4c5c(OC)cc6c7c(ccc(c1c34)c75)C(=O)N(c1c(C(C)C)cccc1C(C)C)C6=O)C(=O)N(c1c(C(C)C)cccc1C(C)C)C2=O. The molecule has 0 aromatic heterocycles. The van der Waals surface area contributed by atoms with Gasteiger partial charge in [-0.2, -0.15) is 0 Å². The Balaban J connectivity index is 1.36. The van der Waals surface area contributed by atoms with Crippen molar-refractivity contribution in [2.45, 2.75) is 79.1 Å². The molecule has 2 heterocycles. The van der Waals surface area contributed by atoms with Gasteiger partial charge in [-0.3, -0.25) is 19.2 Å². The summed E-state index contributed by atoms with van der Waals surface area (Å²) in [6.07, 6.45) is 0. The zero-order chi connectivity index (χ0) is 41.2. The molecule has 7 aromatic rings. The van der Waals surface area contributed by atoms with Gasteiger partial charge in [0.1, 0.15) is 11.5 Å². The summed E-state index contributed by atoms with van der Waals surface area (Å²) in [4.78, 5) is 62.3. The highest BCUT2D eigenvalue weighted by Gasteiger charge is 2.42. The molecule has 2 aliphatic heterocycles. The molecule has 0 spiro atoms. The van der Waals surface area contributed by atoms with Crippen molar-refractivity contribution in [3.8, 4) is 11.5 Å². The predicted molar refractivity (Wildman–Crippen MR) is 232 cm³/mol. The van der Waals surface area contributed by atoms with Crippen LogP contribution in [0.3, 0.4) is 0 Å². The monoisotopic (exact) mass is 770 g/mol. The Bertz CT molecular complexity index is 2720. The zero-order valence-electron chi connectivity index (χ0n) is 34.6. The number of benzene rings is 7. The molecule has 0 saturated carbocycles. The van der Waals surface area contributed by atoms with Crippen LogP contribution in [-0.2, 0) is 0 Å². The van der Waals surface area contributed by atoms with Gasteiger partial charge in [-0.15, -0.1) is 0 Å². The van der Waals surface area contributed by atoms with Crippen LogP contribution in [0.5, 0.6) is 11.5 Å². The van der Waals surface area contributed by atoms with Crippen molar-refractivity contribution in [2.24, 2.45) is 0 Å². The number of rotatable bonds is 8. The molecule has 8 nitrogen and oxygen atoms in total. The predicted octanol–water partition coefficient (Wildman–Crippen LogP) is 11.8. The van der Waals surface area contributed by atoms with Crippen LogP contribution in [-0.4, -0.2) is 37.8 Å². The van der Waals surface area contributed by atoms with Gasteiger partial charge in [0.2, 0.25) is 0 Å². The van der Waals surface area contributed by atoms with Gasteiger partial charge in [0.15, 0.2) is 0 Å². The van der Waals surface area contributed by atoms with Crippen molar-refractivity contribution in [1.29, 1.82) is 0 Å². The van der Waals surface area contributed by atoms with Crippen molar-refractivity contribution in [2.75, 3.05) is 24.0 Å². The highest BCUT2D eigenvalue weighted by molar-refractivity contribution is 6.46. The number of carbonyl (C=O) groups excluding carboxylic acids is 4.